The lowest BCUT2D eigenvalue weighted by atomic mass is 9.43. The fraction of sp³-hybridized carbons (Fsp3) is 0.696. The summed E-state index contributed by atoms with van der Waals surface area (Å²) in [6.07, 6.45) is 3.58. The number of nitrogens with zero attached hydrogens (tertiary/aromatic N) is 1. The van der Waals surface area contributed by atoms with Gasteiger partial charge in [-0.05, 0) is 81.0 Å². The third-order valence-electron chi connectivity index (χ3n) is 8.28. The standard InChI is InChI=1S/C23H32BNO3/c1-13-7-8-16(21-25-14(2)15(3)26-21)9-17(13)12-24-27-20-11-18-10-19(22(18,4)5)23(20,6)28-24/h7-9,14-15,18-20H,10-12H2,1-6H3. The maximum absolute atomic E-state index is 6.61. The van der Waals surface area contributed by atoms with Gasteiger partial charge in [0, 0.05) is 11.9 Å². The second-order valence-electron chi connectivity index (χ2n) is 10.2. The maximum atomic E-state index is 6.61. The highest BCUT2D eigenvalue weighted by Gasteiger charge is 2.67. The van der Waals surface area contributed by atoms with Crippen LogP contribution >= 0.6 is 0 Å². The number of hydrogen-bond donors (Lipinski definition) is 0. The smallest absolute Gasteiger partial charge is 0.462 e. The summed E-state index contributed by atoms with van der Waals surface area (Å²) < 4.78 is 19.0. The van der Waals surface area contributed by atoms with Gasteiger partial charge in [-0.3, -0.25) is 0 Å². The number of aliphatic imine (C=N–C) groups is 1. The number of aryl methyl sites for hydroxylation is 1. The molecule has 0 N–H and O–H groups in total. The van der Waals surface area contributed by atoms with Crippen molar-refractivity contribution < 1.29 is 14.0 Å². The Kier molecular flexibility index (Phi) is 4.06. The Bertz CT molecular complexity index is 837. The van der Waals surface area contributed by atoms with Crippen LogP contribution < -0.4 is 0 Å². The van der Waals surface area contributed by atoms with Gasteiger partial charge in [-0.1, -0.05) is 19.9 Å². The average Bonchev–Trinajstić information content (AvgIpc) is 3.14. The molecule has 3 saturated carbocycles. The van der Waals surface area contributed by atoms with Crippen molar-refractivity contribution in [3.05, 3.63) is 34.9 Å². The lowest BCUT2D eigenvalue weighted by Crippen LogP contribution is -2.65. The van der Waals surface area contributed by atoms with Crippen LogP contribution in [-0.2, 0) is 20.4 Å². The van der Waals surface area contributed by atoms with Crippen LogP contribution in [0.15, 0.2) is 23.2 Å². The molecular weight excluding hydrogens is 349 g/mol. The van der Waals surface area contributed by atoms with Crippen LogP contribution in [-0.4, -0.2) is 36.9 Å². The Balaban J connectivity index is 1.35. The zero-order chi connectivity index (χ0) is 19.8. The van der Waals surface area contributed by atoms with Crippen molar-refractivity contribution in [1.82, 2.24) is 0 Å². The van der Waals surface area contributed by atoms with E-state index in [0.717, 1.165) is 30.1 Å². The Morgan fingerprint density at radius 3 is 2.64 bits per heavy atom. The second-order valence-corrected chi connectivity index (χ2v) is 10.2. The first-order valence-electron chi connectivity index (χ1n) is 10.9. The summed E-state index contributed by atoms with van der Waals surface area (Å²) in [6, 6.07) is 6.68. The Morgan fingerprint density at radius 1 is 1.18 bits per heavy atom. The minimum absolute atomic E-state index is 0.138. The number of hydrogen-bond acceptors (Lipinski definition) is 4. The highest BCUT2D eigenvalue weighted by atomic mass is 16.7. The molecule has 5 heteroatoms. The normalized spacial score (nSPS) is 40.6. The van der Waals surface area contributed by atoms with E-state index in [1.807, 2.05) is 0 Å². The van der Waals surface area contributed by atoms with E-state index in [0.29, 0.717) is 11.3 Å². The van der Waals surface area contributed by atoms with Crippen LogP contribution in [0.3, 0.4) is 0 Å². The topological polar surface area (TPSA) is 40.0 Å². The molecule has 0 aromatic heterocycles. The minimum Gasteiger partial charge on any atom is -0.472 e. The maximum Gasteiger partial charge on any atom is 0.462 e. The lowest BCUT2D eigenvalue weighted by Gasteiger charge is -2.64. The molecule has 6 atom stereocenters. The molecule has 4 nitrogen and oxygen atoms in total. The fourth-order valence-corrected chi connectivity index (χ4v) is 5.98. The molecule has 3 aliphatic carbocycles. The summed E-state index contributed by atoms with van der Waals surface area (Å²) in [5.74, 6) is 2.15. The van der Waals surface area contributed by atoms with Crippen molar-refractivity contribution in [2.75, 3.05) is 0 Å². The van der Waals surface area contributed by atoms with Crippen molar-refractivity contribution >= 4 is 13.0 Å². The first-order chi connectivity index (χ1) is 13.2. The van der Waals surface area contributed by atoms with Crippen molar-refractivity contribution in [3.8, 4) is 0 Å². The molecule has 0 radical (unpaired) electrons. The summed E-state index contributed by atoms with van der Waals surface area (Å²) in [5, 5.41) is 0. The molecule has 6 rings (SSSR count). The largest absolute Gasteiger partial charge is 0.472 e. The molecule has 2 bridgehead atoms. The summed E-state index contributed by atoms with van der Waals surface area (Å²) in [6.45, 7) is 13.4. The zero-order valence-electron chi connectivity index (χ0n) is 18.0. The van der Waals surface area contributed by atoms with Gasteiger partial charge < -0.3 is 14.0 Å². The molecule has 1 aromatic carbocycles. The molecule has 150 valence electrons. The quantitative estimate of drug-likeness (QED) is 0.731. The number of benzene rings is 1. The summed E-state index contributed by atoms with van der Waals surface area (Å²) >= 11 is 0. The fourth-order valence-electron chi connectivity index (χ4n) is 5.98. The lowest BCUT2D eigenvalue weighted by molar-refractivity contribution is -0.199. The van der Waals surface area contributed by atoms with Crippen LogP contribution in [0.1, 0.15) is 64.2 Å². The Morgan fingerprint density at radius 2 is 1.96 bits per heavy atom. The van der Waals surface area contributed by atoms with Gasteiger partial charge in [0.1, 0.15) is 6.10 Å². The van der Waals surface area contributed by atoms with E-state index >= 15 is 0 Å². The van der Waals surface area contributed by atoms with Crippen LogP contribution in [0.2, 0.25) is 0 Å². The molecule has 1 saturated heterocycles. The molecule has 6 unspecified atom stereocenters. The van der Waals surface area contributed by atoms with Crippen LogP contribution in [0.4, 0.5) is 0 Å². The zero-order valence-corrected chi connectivity index (χ0v) is 18.0. The van der Waals surface area contributed by atoms with Crippen molar-refractivity contribution in [2.45, 2.75) is 84.6 Å². The predicted octanol–water partition coefficient (Wildman–Crippen LogP) is 4.36. The number of ether oxygens (including phenoxy) is 1. The van der Waals surface area contributed by atoms with Crippen molar-refractivity contribution in [3.63, 3.8) is 0 Å². The molecule has 2 heterocycles. The van der Waals surface area contributed by atoms with E-state index in [1.165, 1.54) is 17.5 Å². The van der Waals surface area contributed by atoms with Crippen LogP contribution in [0.25, 0.3) is 0 Å². The molecule has 4 fully saturated rings. The Hall–Kier alpha value is -1.33. The summed E-state index contributed by atoms with van der Waals surface area (Å²) in [4.78, 5) is 4.68. The van der Waals surface area contributed by atoms with Crippen molar-refractivity contribution in [1.29, 1.82) is 0 Å². The third-order valence-corrected chi connectivity index (χ3v) is 8.28. The minimum atomic E-state index is -0.164. The Labute approximate surface area is 169 Å². The van der Waals surface area contributed by atoms with E-state index in [4.69, 9.17) is 14.0 Å². The molecular formula is C23H32BNO3. The molecule has 28 heavy (non-hydrogen) atoms. The first kappa shape index (κ1) is 18.7. The highest BCUT2D eigenvalue weighted by Crippen LogP contribution is 2.65. The second kappa shape index (κ2) is 6.09. The van der Waals surface area contributed by atoms with Gasteiger partial charge in [0.05, 0.1) is 17.7 Å². The molecule has 2 aliphatic heterocycles. The van der Waals surface area contributed by atoms with Gasteiger partial charge in [0.25, 0.3) is 0 Å². The third kappa shape index (κ3) is 2.62. The SMILES string of the molecule is Cc1ccc(C2=NC(C)C(C)O2)cc1CB1OC2CC3CC(C3(C)C)C2(C)O1. The predicted molar refractivity (Wildman–Crippen MR) is 112 cm³/mol. The van der Waals surface area contributed by atoms with Gasteiger partial charge in [-0.15, -0.1) is 0 Å². The number of rotatable bonds is 3. The summed E-state index contributed by atoms with van der Waals surface area (Å²) in [7, 11) is -0.164. The van der Waals surface area contributed by atoms with Gasteiger partial charge in [-0.2, -0.15) is 0 Å². The highest BCUT2D eigenvalue weighted by molar-refractivity contribution is 6.44. The van der Waals surface area contributed by atoms with Gasteiger partial charge in [-0.25, -0.2) is 4.99 Å². The molecule has 1 aromatic rings. The first-order valence-corrected chi connectivity index (χ1v) is 10.9. The van der Waals surface area contributed by atoms with E-state index in [-0.39, 0.29) is 31.0 Å². The average molecular weight is 381 g/mol. The molecule has 0 amide bonds. The van der Waals surface area contributed by atoms with Gasteiger partial charge in [0.2, 0.25) is 5.90 Å². The van der Waals surface area contributed by atoms with Gasteiger partial charge in [0.15, 0.2) is 0 Å². The van der Waals surface area contributed by atoms with E-state index in [1.54, 1.807) is 0 Å². The van der Waals surface area contributed by atoms with Crippen LogP contribution in [0, 0.1) is 24.2 Å². The van der Waals surface area contributed by atoms with Gasteiger partial charge >= 0.3 is 7.12 Å². The molecule has 0 spiro atoms. The van der Waals surface area contributed by atoms with Crippen LogP contribution in [0.5, 0.6) is 0 Å². The molecule has 5 aliphatic rings. The monoisotopic (exact) mass is 381 g/mol. The van der Waals surface area contributed by atoms with E-state index in [9.17, 15) is 0 Å². The van der Waals surface area contributed by atoms with E-state index in [2.05, 4.69) is 64.7 Å². The van der Waals surface area contributed by atoms with E-state index < -0.39 is 0 Å². The summed E-state index contributed by atoms with van der Waals surface area (Å²) in [5.41, 5.74) is 3.82. The van der Waals surface area contributed by atoms with Crippen molar-refractivity contribution in [2.24, 2.45) is 22.2 Å².